The molecule has 0 aliphatic rings. The van der Waals surface area contributed by atoms with Crippen LogP contribution in [0.25, 0.3) is 10.9 Å². The van der Waals surface area contributed by atoms with Crippen molar-refractivity contribution in [3.8, 4) is 11.8 Å². The van der Waals surface area contributed by atoms with Crippen molar-refractivity contribution < 1.29 is 8.42 Å². The van der Waals surface area contributed by atoms with Gasteiger partial charge in [0.1, 0.15) is 0 Å². The minimum atomic E-state index is -3.72. The van der Waals surface area contributed by atoms with Gasteiger partial charge in [-0.05, 0) is 43.2 Å². The highest BCUT2D eigenvalue weighted by Gasteiger charge is 2.12. The zero-order valence-electron chi connectivity index (χ0n) is 15.3. The summed E-state index contributed by atoms with van der Waals surface area (Å²) < 4.78 is 24.4. The first-order valence-corrected chi connectivity index (χ1v) is 11.1. The normalized spacial score (nSPS) is 11.2. The number of hydrogen-bond donors (Lipinski definition) is 1. The van der Waals surface area contributed by atoms with Crippen LogP contribution in [0.5, 0.6) is 0 Å². The zero-order valence-corrected chi connectivity index (χ0v) is 16.9. The second-order valence-electron chi connectivity index (χ2n) is 6.02. The number of hydrogen-bond acceptors (Lipinski definition) is 5. The summed E-state index contributed by atoms with van der Waals surface area (Å²) in [5.74, 6) is 6.36. The molecule has 3 rings (SSSR count). The lowest BCUT2D eigenvalue weighted by Gasteiger charge is -2.12. The van der Waals surface area contributed by atoms with E-state index < -0.39 is 10.0 Å². The Morgan fingerprint density at radius 3 is 2.54 bits per heavy atom. The largest absolute Gasteiger partial charge is 0.287 e. The fraction of sp³-hybridized carbons (Fsp3) is 0.200. The number of sulfonamides is 1. The molecule has 0 aliphatic carbocycles. The van der Waals surface area contributed by atoms with Crippen LogP contribution >= 0.6 is 11.8 Å². The van der Waals surface area contributed by atoms with Crippen molar-refractivity contribution in [2.45, 2.75) is 29.9 Å². The summed E-state index contributed by atoms with van der Waals surface area (Å²) in [5, 5.41) is 6.31. The van der Waals surface area contributed by atoms with Gasteiger partial charge < -0.3 is 0 Å². The zero-order chi connectivity index (χ0) is 20.1. The average Bonchev–Trinajstić information content (AvgIpc) is 2.67. The molecule has 6 nitrogen and oxygen atoms in total. The number of aromatic nitrogens is 2. The van der Waals surface area contributed by atoms with Crippen LogP contribution in [0.2, 0.25) is 0 Å². The smallest absolute Gasteiger partial charge is 0.262 e. The number of nitrogens with two attached hydrogens (primary N) is 1. The van der Waals surface area contributed by atoms with Gasteiger partial charge in [0.2, 0.25) is 10.0 Å². The van der Waals surface area contributed by atoms with Crippen molar-refractivity contribution in [3.63, 3.8) is 0 Å². The highest BCUT2D eigenvalue weighted by Crippen LogP contribution is 2.18. The predicted molar refractivity (Wildman–Crippen MR) is 112 cm³/mol. The first kappa shape index (κ1) is 20.1. The number of aryl methyl sites for hydroxylation is 1. The van der Waals surface area contributed by atoms with Crippen molar-refractivity contribution in [2.24, 2.45) is 5.14 Å². The van der Waals surface area contributed by atoms with Crippen LogP contribution in [0.4, 0.5) is 0 Å². The Morgan fingerprint density at radius 1 is 1.14 bits per heavy atom. The maximum Gasteiger partial charge on any atom is 0.262 e. The molecule has 2 aromatic carbocycles. The summed E-state index contributed by atoms with van der Waals surface area (Å²) in [6.07, 6.45) is 0.553. The van der Waals surface area contributed by atoms with Gasteiger partial charge in [-0.3, -0.25) is 9.36 Å². The maximum atomic E-state index is 13.0. The van der Waals surface area contributed by atoms with E-state index in [0.29, 0.717) is 34.8 Å². The fourth-order valence-corrected chi connectivity index (χ4v) is 4.07. The Balaban J connectivity index is 1.91. The fourth-order valence-electron chi connectivity index (χ4n) is 2.71. The number of nitrogens with zero attached hydrogens (tertiary/aromatic N) is 2. The molecule has 144 valence electrons. The Bertz CT molecular complexity index is 1220. The van der Waals surface area contributed by atoms with Crippen LogP contribution in [0.3, 0.4) is 0 Å². The summed E-state index contributed by atoms with van der Waals surface area (Å²) >= 11 is 1.42. The predicted octanol–water partition coefficient (Wildman–Crippen LogP) is 2.40. The monoisotopic (exact) mass is 413 g/mol. The molecule has 0 saturated carbocycles. The van der Waals surface area contributed by atoms with Crippen molar-refractivity contribution in [1.82, 2.24) is 9.55 Å². The number of benzene rings is 2. The van der Waals surface area contributed by atoms with E-state index in [1.54, 1.807) is 29.7 Å². The maximum absolute atomic E-state index is 13.0. The molecular formula is C20H19N3O3S2. The average molecular weight is 414 g/mol. The van der Waals surface area contributed by atoms with Crippen molar-refractivity contribution in [2.75, 3.05) is 5.75 Å². The Labute approximate surface area is 167 Å². The SMILES string of the molecule is CC#CCSc1nc2ccccc2c(=O)n1CCc1ccc(S(N)(=O)=O)cc1. The van der Waals surface area contributed by atoms with Gasteiger partial charge in [0.05, 0.1) is 21.6 Å². The molecule has 0 bridgehead atoms. The molecule has 0 amide bonds. The number of para-hydroxylation sites is 1. The van der Waals surface area contributed by atoms with Gasteiger partial charge in [-0.15, -0.1) is 5.92 Å². The van der Waals surface area contributed by atoms with E-state index >= 15 is 0 Å². The van der Waals surface area contributed by atoms with E-state index in [2.05, 4.69) is 16.8 Å². The lowest BCUT2D eigenvalue weighted by Crippen LogP contribution is -2.24. The summed E-state index contributed by atoms with van der Waals surface area (Å²) in [7, 11) is -3.72. The topological polar surface area (TPSA) is 95.0 Å². The molecule has 0 aliphatic heterocycles. The quantitative estimate of drug-likeness (QED) is 0.380. The van der Waals surface area contributed by atoms with Crippen LogP contribution in [0.1, 0.15) is 12.5 Å². The van der Waals surface area contributed by atoms with E-state index in [-0.39, 0.29) is 10.5 Å². The van der Waals surface area contributed by atoms with Gasteiger partial charge >= 0.3 is 0 Å². The van der Waals surface area contributed by atoms with Gasteiger partial charge in [-0.2, -0.15) is 0 Å². The van der Waals surface area contributed by atoms with E-state index in [4.69, 9.17) is 5.14 Å². The second kappa shape index (κ2) is 8.61. The van der Waals surface area contributed by atoms with E-state index in [1.165, 1.54) is 23.9 Å². The lowest BCUT2D eigenvalue weighted by molar-refractivity contribution is 0.594. The molecule has 1 heterocycles. The number of rotatable bonds is 6. The number of fused-ring (bicyclic) bond motifs is 1. The molecule has 0 saturated heterocycles. The molecule has 2 N–H and O–H groups in total. The second-order valence-corrected chi connectivity index (χ2v) is 8.53. The first-order chi connectivity index (χ1) is 13.4. The minimum Gasteiger partial charge on any atom is -0.287 e. The van der Waals surface area contributed by atoms with Crippen molar-refractivity contribution in [3.05, 3.63) is 64.4 Å². The van der Waals surface area contributed by atoms with E-state index in [1.807, 2.05) is 18.2 Å². The number of thioether (sulfide) groups is 1. The van der Waals surface area contributed by atoms with Crippen LogP contribution in [-0.4, -0.2) is 23.7 Å². The molecule has 0 atom stereocenters. The van der Waals surface area contributed by atoms with E-state index in [9.17, 15) is 13.2 Å². The summed E-state index contributed by atoms with van der Waals surface area (Å²) in [4.78, 5) is 17.7. The number of primary sulfonamides is 1. The van der Waals surface area contributed by atoms with Gasteiger partial charge in [-0.25, -0.2) is 18.5 Å². The molecular weight excluding hydrogens is 394 g/mol. The molecule has 0 spiro atoms. The third kappa shape index (κ3) is 4.62. The lowest BCUT2D eigenvalue weighted by atomic mass is 10.1. The molecule has 0 fully saturated rings. The Hall–Kier alpha value is -2.60. The van der Waals surface area contributed by atoms with Crippen molar-refractivity contribution in [1.29, 1.82) is 0 Å². The highest BCUT2D eigenvalue weighted by molar-refractivity contribution is 7.99. The molecule has 0 radical (unpaired) electrons. The van der Waals surface area contributed by atoms with Crippen molar-refractivity contribution >= 4 is 32.7 Å². The third-order valence-electron chi connectivity index (χ3n) is 4.15. The molecule has 28 heavy (non-hydrogen) atoms. The molecule has 3 aromatic rings. The van der Waals surface area contributed by atoms with E-state index in [0.717, 1.165) is 5.56 Å². The van der Waals surface area contributed by atoms with Gasteiger partial charge in [0.25, 0.3) is 5.56 Å². The highest BCUT2D eigenvalue weighted by atomic mass is 32.2. The molecule has 0 unspecified atom stereocenters. The van der Waals surface area contributed by atoms with Crippen LogP contribution < -0.4 is 10.7 Å². The molecule has 1 aromatic heterocycles. The molecule has 8 heteroatoms. The van der Waals surface area contributed by atoms with Gasteiger partial charge in [0.15, 0.2) is 5.16 Å². The van der Waals surface area contributed by atoms with Crippen LogP contribution in [0, 0.1) is 11.8 Å². The minimum absolute atomic E-state index is 0.0650. The van der Waals surface area contributed by atoms with Gasteiger partial charge in [0, 0.05) is 6.54 Å². The standard InChI is InChI=1S/C20H19N3O3S2/c1-2-3-14-27-20-22-18-7-5-4-6-17(18)19(24)23(20)13-12-15-8-10-16(11-9-15)28(21,25)26/h4-11H,12-14H2,1H3,(H2,21,25,26). The Kier molecular flexibility index (Phi) is 6.19. The Morgan fingerprint density at radius 2 is 1.86 bits per heavy atom. The summed E-state index contributed by atoms with van der Waals surface area (Å²) in [5.41, 5.74) is 1.46. The third-order valence-corrected chi connectivity index (χ3v) is 5.94. The first-order valence-electron chi connectivity index (χ1n) is 8.54. The van der Waals surface area contributed by atoms with Gasteiger partial charge in [-0.1, -0.05) is 41.9 Å². The summed E-state index contributed by atoms with van der Waals surface area (Å²) in [6.45, 7) is 2.19. The van der Waals surface area contributed by atoms with Crippen LogP contribution in [0.15, 0.2) is 63.4 Å². The van der Waals surface area contributed by atoms with Crippen LogP contribution in [-0.2, 0) is 23.0 Å². The summed E-state index contributed by atoms with van der Waals surface area (Å²) in [6, 6.07) is 13.6.